The molecule has 2 heterocycles. The number of nitrogens with one attached hydrogen (secondary N) is 2. The standard InChI is InChI=1S/C28H35F5N4O6/c1-15(2)20(22(38)27(29,30)28(31,32)33)34-24(40)19-9-10-37(19)26(42)21(16(3)4)35-23(39)17-5-7-18(8-6-17)25(41)36-11-13-43-14-12-36/h5-8,15-16,19-21H,9-14H2,1-4H3,(H,34,40)(H,35,39). The predicted molar refractivity (Wildman–Crippen MR) is 142 cm³/mol. The highest BCUT2D eigenvalue weighted by molar-refractivity contribution is 6.01. The maximum Gasteiger partial charge on any atom is 0.461 e. The number of amides is 4. The zero-order valence-corrected chi connectivity index (χ0v) is 24.2. The molecule has 1 aromatic rings. The summed E-state index contributed by atoms with van der Waals surface area (Å²) in [5.41, 5.74) is 0.536. The Kier molecular flexibility index (Phi) is 10.5. The lowest BCUT2D eigenvalue weighted by atomic mass is 9.93. The van der Waals surface area contributed by atoms with E-state index in [-0.39, 0.29) is 24.4 Å². The average molecular weight is 619 g/mol. The van der Waals surface area contributed by atoms with Crippen molar-refractivity contribution >= 4 is 29.4 Å². The third kappa shape index (κ3) is 7.48. The molecule has 2 fully saturated rings. The van der Waals surface area contributed by atoms with E-state index < -0.39 is 65.6 Å². The molecule has 1 aromatic carbocycles. The first-order chi connectivity index (χ1) is 20.0. The van der Waals surface area contributed by atoms with Gasteiger partial charge >= 0.3 is 12.1 Å². The molecule has 3 rings (SSSR count). The minimum Gasteiger partial charge on any atom is -0.378 e. The molecule has 0 saturated carbocycles. The van der Waals surface area contributed by atoms with E-state index in [9.17, 15) is 45.9 Å². The van der Waals surface area contributed by atoms with Crippen molar-refractivity contribution < 1.29 is 50.7 Å². The van der Waals surface area contributed by atoms with Gasteiger partial charge in [-0.2, -0.15) is 22.0 Å². The first-order valence-corrected chi connectivity index (χ1v) is 13.8. The lowest BCUT2D eigenvalue weighted by Crippen LogP contribution is -2.65. The lowest BCUT2D eigenvalue weighted by Gasteiger charge is -2.43. The normalized spacial score (nSPS) is 19.0. The van der Waals surface area contributed by atoms with Crippen LogP contribution in [-0.4, -0.2) is 102 Å². The van der Waals surface area contributed by atoms with Crippen LogP contribution in [0.25, 0.3) is 0 Å². The summed E-state index contributed by atoms with van der Waals surface area (Å²) in [6.07, 6.45) is -6.06. The molecule has 43 heavy (non-hydrogen) atoms. The number of ether oxygens (including phenoxy) is 1. The van der Waals surface area contributed by atoms with Gasteiger partial charge in [-0.3, -0.25) is 24.0 Å². The Morgan fingerprint density at radius 1 is 0.814 bits per heavy atom. The van der Waals surface area contributed by atoms with Crippen LogP contribution in [0.5, 0.6) is 0 Å². The summed E-state index contributed by atoms with van der Waals surface area (Å²) in [6.45, 7) is 7.52. The van der Waals surface area contributed by atoms with Crippen molar-refractivity contribution in [1.82, 2.24) is 20.4 Å². The number of hydrogen-bond donors (Lipinski definition) is 2. The summed E-state index contributed by atoms with van der Waals surface area (Å²) >= 11 is 0. The predicted octanol–water partition coefficient (Wildman–Crippen LogP) is 2.42. The zero-order chi connectivity index (χ0) is 32.3. The van der Waals surface area contributed by atoms with Gasteiger partial charge in [0.1, 0.15) is 12.1 Å². The summed E-state index contributed by atoms with van der Waals surface area (Å²) in [4.78, 5) is 66.6. The first kappa shape index (κ1) is 33.9. The van der Waals surface area contributed by atoms with Crippen LogP contribution in [0.1, 0.15) is 54.8 Å². The molecule has 0 spiro atoms. The summed E-state index contributed by atoms with van der Waals surface area (Å²) in [5, 5.41) is 4.58. The Bertz CT molecular complexity index is 1210. The number of ketones is 1. The van der Waals surface area contributed by atoms with E-state index in [4.69, 9.17) is 4.74 Å². The molecular formula is C28H35F5N4O6. The van der Waals surface area contributed by atoms with Gasteiger partial charge in [0.2, 0.25) is 17.6 Å². The topological polar surface area (TPSA) is 125 Å². The third-order valence-electron chi connectivity index (χ3n) is 7.43. The van der Waals surface area contributed by atoms with Crippen molar-refractivity contribution in [3.63, 3.8) is 0 Å². The van der Waals surface area contributed by atoms with Gasteiger partial charge in [-0.05, 0) is 42.5 Å². The average Bonchev–Trinajstić information content (AvgIpc) is 2.92. The van der Waals surface area contributed by atoms with Crippen LogP contribution in [0.2, 0.25) is 0 Å². The number of hydrogen-bond acceptors (Lipinski definition) is 6. The highest BCUT2D eigenvalue weighted by Crippen LogP contribution is 2.37. The van der Waals surface area contributed by atoms with Crippen molar-refractivity contribution in [3.8, 4) is 0 Å². The minimum absolute atomic E-state index is 0.0629. The van der Waals surface area contributed by atoms with E-state index >= 15 is 0 Å². The van der Waals surface area contributed by atoms with Crippen LogP contribution in [0.4, 0.5) is 22.0 Å². The van der Waals surface area contributed by atoms with Gasteiger partial charge in [-0.15, -0.1) is 0 Å². The summed E-state index contributed by atoms with van der Waals surface area (Å²) in [7, 11) is 0. The molecule has 3 unspecified atom stereocenters. The second kappa shape index (κ2) is 13.3. The fourth-order valence-corrected chi connectivity index (χ4v) is 4.67. The molecule has 10 nitrogen and oxygen atoms in total. The molecule has 0 bridgehead atoms. The van der Waals surface area contributed by atoms with Crippen molar-refractivity contribution in [2.75, 3.05) is 32.8 Å². The van der Waals surface area contributed by atoms with E-state index in [0.29, 0.717) is 31.9 Å². The number of alkyl halides is 5. The van der Waals surface area contributed by atoms with Crippen LogP contribution in [0.3, 0.4) is 0 Å². The van der Waals surface area contributed by atoms with Crippen molar-refractivity contribution in [3.05, 3.63) is 35.4 Å². The van der Waals surface area contributed by atoms with Crippen LogP contribution in [0.15, 0.2) is 24.3 Å². The second-order valence-corrected chi connectivity index (χ2v) is 11.2. The molecule has 3 atom stereocenters. The number of benzene rings is 1. The number of carbonyl (C=O) groups is 5. The molecule has 15 heteroatoms. The third-order valence-corrected chi connectivity index (χ3v) is 7.43. The Morgan fingerprint density at radius 2 is 1.35 bits per heavy atom. The smallest absolute Gasteiger partial charge is 0.378 e. The second-order valence-electron chi connectivity index (χ2n) is 11.2. The number of morpholine rings is 1. The van der Waals surface area contributed by atoms with Gasteiger partial charge in [0, 0.05) is 30.8 Å². The number of rotatable bonds is 10. The summed E-state index contributed by atoms with van der Waals surface area (Å²) < 4.78 is 71.1. The molecule has 4 amide bonds. The van der Waals surface area contributed by atoms with E-state index in [1.165, 1.54) is 38.1 Å². The quantitative estimate of drug-likeness (QED) is 0.389. The monoisotopic (exact) mass is 618 g/mol. The summed E-state index contributed by atoms with van der Waals surface area (Å²) in [5.74, 6) is -12.3. The molecule has 0 radical (unpaired) electrons. The lowest BCUT2D eigenvalue weighted by molar-refractivity contribution is -0.270. The number of Topliss-reactive ketones (excluding diaryl/α,β-unsaturated/α-hetero) is 1. The molecule has 0 aliphatic carbocycles. The largest absolute Gasteiger partial charge is 0.461 e. The number of carbonyl (C=O) groups excluding carboxylic acids is 5. The fourth-order valence-electron chi connectivity index (χ4n) is 4.67. The van der Waals surface area contributed by atoms with Crippen LogP contribution < -0.4 is 10.6 Å². The van der Waals surface area contributed by atoms with E-state index in [1.807, 2.05) is 5.32 Å². The fraction of sp³-hybridized carbons (Fsp3) is 0.607. The maximum absolute atomic E-state index is 13.7. The molecule has 2 aliphatic heterocycles. The highest BCUT2D eigenvalue weighted by atomic mass is 19.4. The minimum atomic E-state index is -6.14. The Hall–Kier alpha value is -3.62. The van der Waals surface area contributed by atoms with Gasteiger partial charge in [0.05, 0.1) is 19.3 Å². The van der Waals surface area contributed by atoms with Gasteiger partial charge in [-0.25, -0.2) is 0 Å². The number of nitrogens with zero attached hydrogens (tertiary/aromatic N) is 2. The van der Waals surface area contributed by atoms with E-state index in [2.05, 4.69) is 5.32 Å². The number of likely N-dealkylation sites (tertiary alicyclic amines) is 1. The molecule has 2 aliphatic rings. The Labute approximate surface area is 245 Å². The van der Waals surface area contributed by atoms with Crippen LogP contribution >= 0.6 is 0 Å². The first-order valence-electron chi connectivity index (χ1n) is 13.8. The van der Waals surface area contributed by atoms with Crippen molar-refractivity contribution in [2.45, 2.75) is 64.3 Å². The van der Waals surface area contributed by atoms with Crippen LogP contribution in [-0.2, 0) is 19.1 Å². The molecular weight excluding hydrogens is 583 g/mol. The Balaban J connectivity index is 1.67. The van der Waals surface area contributed by atoms with Crippen molar-refractivity contribution in [1.29, 1.82) is 0 Å². The van der Waals surface area contributed by atoms with Gasteiger partial charge in [0.15, 0.2) is 0 Å². The van der Waals surface area contributed by atoms with Gasteiger partial charge in [0.25, 0.3) is 11.8 Å². The van der Waals surface area contributed by atoms with E-state index in [1.54, 1.807) is 18.7 Å². The Morgan fingerprint density at radius 3 is 1.81 bits per heavy atom. The summed E-state index contributed by atoms with van der Waals surface area (Å²) in [6, 6.07) is 1.35. The molecule has 2 saturated heterocycles. The highest BCUT2D eigenvalue weighted by Gasteiger charge is 2.65. The SMILES string of the molecule is CC(C)C(NC(=O)c1ccc(C(=O)N2CCOCC2)cc1)C(=O)N1CCC1C(=O)NC(C(=O)C(F)(F)C(F)(F)F)C(C)C. The van der Waals surface area contributed by atoms with Crippen LogP contribution in [0, 0.1) is 11.8 Å². The van der Waals surface area contributed by atoms with E-state index in [0.717, 1.165) is 4.90 Å². The molecule has 2 N–H and O–H groups in total. The number of halogens is 5. The van der Waals surface area contributed by atoms with Gasteiger partial charge in [-0.1, -0.05) is 27.7 Å². The van der Waals surface area contributed by atoms with Crippen molar-refractivity contribution in [2.24, 2.45) is 11.8 Å². The van der Waals surface area contributed by atoms with Gasteiger partial charge < -0.3 is 25.2 Å². The molecule has 0 aromatic heterocycles. The molecule has 238 valence electrons. The zero-order valence-electron chi connectivity index (χ0n) is 24.2. The maximum atomic E-state index is 13.7.